The zero-order valence-electron chi connectivity index (χ0n) is 9.06. The van der Waals surface area contributed by atoms with Crippen LogP contribution in [0.3, 0.4) is 0 Å². The zero-order valence-corrected chi connectivity index (χ0v) is 9.06. The summed E-state index contributed by atoms with van der Waals surface area (Å²) in [6, 6.07) is -0.412. The van der Waals surface area contributed by atoms with E-state index >= 15 is 0 Å². The summed E-state index contributed by atoms with van der Waals surface area (Å²) < 4.78 is 79.7. The first kappa shape index (κ1) is 14.6. The van der Waals surface area contributed by atoms with Crippen molar-refractivity contribution in [3.63, 3.8) is 0 Å². The summed E-state index contributed by atoms with van der Waals surface area (Å²) in [6.07, 6.45) is -5.80. The van der Waals surface area contributed by atoms with Crippen molar-refractivity contribution in [2.75, 3.05) is 7.11 Å². The Morgan fingerprint density at radius 2 is 1.72 bits per heavy atom. The van der Waals surface area contributed by atoms with Gasteiger partial charge in [0.05, 0.1) is 7.11 Å². The minimum absolute atomic E-state index is 0.277. The van der Waals surface area contributed by atoms with E-state index in [4.69, 9.17) is 5.73 Å². The lowest BCUT2D eigenvalue weighted by Gasteiger charge is -2.26. The second-order valence-corrected chi connectivity index (χ2v) is 3.49. The molecule has 0 aliphatic heterocycles. The van der Waals surface area contributed by atoms with Crippen molar-refractivity contribution in [2.45, 2.75) is 18.1 Å². The Morgan fingerprint density at radius 3 is 2.11 bits per heavy atom. The number of hydrogen-bond acceptors (Lipinski definition) is 2. The van der Waals surface area contributed by atoms with Crippen LogP contribution in [-0.4, -0.2) is 19.2 Å². The molecule has 1 rings (SSSR count). The normalized spacial score (nSPS) is 14.4. The summed E-state index contributed by atoms with van der Waals surface area (Å²) in [6.45, 7) is 0. The van der Waals surface area contributed by atoms with Gasteiger partial charge in [0.25, 0.3) is 0 Å². The topological polar surface area (TPSA) is 35.2 Å². The van der Waals surface area contributed by atoms with Gasteiger partial charge in [-0.15, -0.1) is 0 Å². The van der Waals surface area contributed by atoms with Crippen LogP contribution >= 0.6 is 0 Å². The lowest BCUT2D eigenvalue weighted by molar-refractivity contribution is -0.291. The Labute approximate surface area is 98.3 Å². The smallest absolute Gasteiger partial charge is 0.455 e. The summed E-state index contributed by atoms with van der Waals surface area (Å²) in [5, 5.41) is 0. The minimum Gasteiger partial charge on any atom is -0.494 e. The molecule has 0 aromatic heterocycles. The molecule has 0 aliphatic carbocycles. The molecule has 0 aliphatic rings. The van der Waals surface area contributed by atoms with Crippen molar-refractivity contribution in [3.05, 3.63) is 29.6 Å². The van der Waals surface area contributed by atoms with Crippen LogP contribution in [0, 0.1) is 5.82 Å². The Balaban J connectivity index is 3.12. The lowest BCUT2D eigenvalue weighted by Crippen LogP contribution is -2.45. The Bertz CT molecular complexity index is 431. The van der Waals surface area contributed by atoms with Crippen LogP contribution in [0.2, 0.25) is 0 Å². The van der Waals surface area contributed by atoms with Crippen LogP contribution in [0.1, 0.15) is 11.6 Å². The lowest BCUT2D eigenvalue weighted by atomic mass is 10.0. The Kier molecular flexibility index (Phi) is 3.80. The highest BCUT2D eigenvalue weighted by molar-refractivity contribution is 5.32. The van der Waals surface area contributed by atoms with Gasteiger partial charge in [0.15, 0.2) is 11.6 Å². The van der Waals surface area contributed by atoms with Crippen molar-refractivity contribution >= 4 is 0 Å². The highest BCUT2D eigenvalue weighted by Gasteiger charge is 2.61. The van der Waals surface area contributed by atoms with Gasteiger partial charge in [0, 0.05) is 0 Å². The van der Waals surface area contributed by atoms with Crippen molar-refractivity contribution in [1.82, 2.24) is 0 Å². The highest BCUT2D eigenvalue weighted by Crippen LogP contribution is 2.43. The average Bonchev–Trinajstić information content (AvgIpc) is 2.26. The molecule has 0 amide bonds. The van der Waals surface area contributed by atoms with Gasteiger partial charge in [-0.05, 0) is 17.7 Å². The molecule has 0 radical (unpaired) electrons. The van der Waals surface area contributed by atoms with Crippen LogP contribution in [0.4, 0.5) is 26.3 Å². The second kappa shape index (κ2) is 4.68. The van der Waals surface area contributed by atoms with Gasteiger partial charge in [-0.25, -0.2) is 4.39 Å². The maximum atomic E-state index is 13.2. The molecule has 8 heteroatoms. The van der Waals surface area contributed by atoms with Crippen molar-refractivity contribution in [2.24, 2.45) is 5.73 Å². The monoisotopic (exact) mass is 273 g/mol. The Morgan fingerprint density at radius 1 is 1.17 bits per heavy atom. The van der Waals surface area contributed by atoms with Crippen LogP contribution in [0.5, 0.6) is 5.75 Å². The summed E-state index contributed by atoms with van der Waals surface area (Å²) in [5.41, 5.74) is 4.17. The first-order valence-corrected chi connectivity index (χ1v) is 4.64. The highest BCUT2D eigenvalue weighted by atomic mass is 19.4. The van der Waals surface area contributed by atoms with Gasteiger partial charge >= 0.3 is 12.1 Å². The van der Waals surface area contributed by atoms with E-state index in [1.54, 1.807) is 0 Å². The fourth-order valence-corrected chi connectivity index (χ4v) is 1.26. The quantitative estimate of drug-likeness (QED) is 0.859. The van der Waals surface area contributed by atoms with Crippen LogP contribution in [-0.2, 0) is 0 Å². The predicted molar refractivity (Wildman–Crippen MR) is 50.9 cm³/mol. The van der Waals surface area contributed by atoms with E-state index in [0.717, 1.165) is 19.2 Å². The number of rotatable bonds is 3. The van der Waals surface area contributed by atoms with E-state index in [2.05, 4.69) is 4.74 Å². The second-order valence-electron chi connectivity index (χ2n) is 3.49. The summed E-state index contributed by atoms with van der Waals surface area (Å²) in [4.78, 5) is 0. The third-order valence-electron chi connectivity index (χ3n) is 2.30. The maximum Gasteiger partial charge on any atom is 0.455 e. The molecule has 1 aromatic carbocycles. The maximum absolute atomic E-state index is 13.2. The summed E-state index contributed by atoms with van der Waals surface area (Å²) >= 11 is 0. The average molecular weight is 273 g/mol. The standard InChI is InChI=1S/C10H9F6NO/c1-18-7-3-2-5(4-6(7)11)8(17)9(12,13)10(14,15)16/h2-4,8H,17H2,1H3/t8-/m0/s1. The largest absolute Gasteiger partial charge is 0.494 e. The molecule has 2 nitrogen and oxygen atoms in total. The molecule has 0 bridgehead atoms. The van der Waals surface area contributed by atoms with E-state index in [0.29, 0.717) is 6.07 Å². The molecule has 0 saturated heterocycles. The first-order valence-electron chi connectivity index (χ1n) is 4.64. The van der Waals surface area contributed by atoms with Gasteiger partial charge in [0.2, 0.25) is 0 Å². The van der Waals surface area contributed by atoms with E-state index in [1.165, 1.54) is 0 Å². The van der Waals surface area contributed by atoms with Crippen molar-refractivity contribution < 1.29 is 31.1 Å². The molecule has 0 fully saturated rings. The van der Waals surface area contributed by atoms with Gasteiger partial charge in [-0.1, -0.05) is 6.07 Å². The number of ether oxygens (including phenoxy) is 1. The molecule has 1 aromatic rings. The van der Waals surface area contributed by atoms with Gasteiger partial charge < -0.3 is 10.5 Å². The molecule has 0 spiro atoms. The number of nitrogens with two attached hydrogens (primary N) is 1. The van der Waals surface area contributed by atoms with E-state index in [-0.39, 0.29) is 5.75 Å². The van der Waals surface area contributed by atoms with Gasteiger partial charge in [-0.3, -0.25) is 0 Å². The summed E-state index contributed by atoms with van der Waals surface area (Å²) in [7, 11) is 1.13. The van der Waals surface area contributed by atoms with E-state index in [1.807, 2.05) is 0 Å². The molecule has 102 valence electrons. The fourth-order valence-electron chi connectivity index (χ4n) is 1.26. The van der Waals surface area contributed by atoms with E-state index < -0.39 is 29.5 Å². The molecular formula is C10H9F6NO. The van der Waals surface area contributed by atoms with Crippen LogP contribution < -0.4 is 10.5 Å². The van der Waals surface area contributed by atoms with Crippen molar-refractivity contribution in [3.8, 4) is 5.75 Å². The van der Waals surface area contributed by atoms with Crippen LogP contribution in [0.25, 0.3) is 0 Å². The Hall–Kier alpha value is -1.44. The van der Waals surface area contributed by atoms with E-state index in [9.17, 15) is 26.3 Å². The first-order chi connectivity index (χ1) is 8.11. The molecule has 0 heterocycles. The number of benzene rings is 1. The number of hydrogen-bond donors (Lipinski definition) is 1. The third kappa shape index (κ3) is 2.53. The number of alkyl halides is 5. The van der Waals surface area contributed by atoms with Gasteiger partial charge in [-0.2, -0.15) is 22.0 Å². The summed E-state index contributed by atoms with van der Waals surface area (Å²) in [5.74, 6) is -6.49. The molecule has 1 atom stereocenters. The molecule has 0 unspecified atom stereocenters. The fraction of sp³-hybridized carbons (Fsp3) is 0.400. The molecule has 18 heavy (non-hydrogen) atoms. The molecular weight excluding hydrogens is 264 g/mol. The van der Waals surface area contributed by atoms with Gasteiger partial charge in [0.1, 0.15) is 6.04 Å². The number of halogens is 6. The third-order valence-corrected chi connectivity index (χ3v) is 2.30. The molecule has 2 N–H and O–H groups in total. The predicted octanol–water partition coefficient (Wildman–Crippen LogP) is 3.03. The van der Waals surface area contributed by atoms with Crippen LogP contribution in [0.15, 0.2) is 18.2 Å². The SMILES string of the molecule is COc1ccc([C@H](N)C(F)(F)C(F)(F)F)cc1F. The van der Waals surface area contributed by atoms with Crippen molar-refractivity contribution in [1.29, 1.82) is 0 Å². The zero-order chi connectivity index (χ0) is 14.1. The minimum atomic E-state index is -5.80. The molecule has 0 saturated carbocycles. The number of methoxy groups -OCH3 is 1.